The molecule has 148 valence electrons. The van der Waals surface area contributed by atoms with E-state index in [9.17, 15) is 13.2 Å². The number of hydrogen-bond acceptors (Lipinski definition) is 3. The first-order chi connectivity index (χ1) is 13.2. The van der Waals surface area contributed by atoms with E-state index in [1.165, 1.54) is 18.2 Å². The summed E-state index contributed by atoms with van der Waals surface area (Å²) < 4.78 is 48.1. The van der Waals surface area contributed by atoms with Gasteiger partial charge in [-0.15, -0.1) is 13.2 Å². The summed E-state index contributed by atoms with van der Waals surface area (Å²) in [5.74, 6) is 0.457. The number of nitrogens with one attached hydrogen (secondary N) is 1. The van der Waals surface area contributed by atoms with Gasteiger partial charge in [0.1, 0.15) is 18.1 Å². The minimum atomic E-state index is -4.83. The maximum Gasteiger partial charge on any atom is 0.573 e. The SMILES string of the molecule is C/C(=C(/COc1cccc(Cl)c1)C(=N)c1ccccc1OC(F)(F)F)C1CC1. The Labute approximate surface area is 166 Å². The van der Waals surface area contributed by atoms with Gasteiger partial charge in [0.15, 0.2) is 0 Å². The lowest BCUT2D eigenvalue weighted by Gasteiger charge is -2.18. The lowest BCUT2D eigenvalue weighted by molar-refractivity contribution is -0.274. The van der Waals surface area contributed by atoms with Crippen LogP contribution in [-0.2, 0) is 0 Å². The van der Waals surface area contributed by atoms with E-state index >= 15 is 0 Å². The van der Waals surface area contributed by atoms with Crippen LogP contribution in [0.1, 0.15) is 25.3 Å². The van der Waals surface area contributed by atoms with Gasteiger partial charge in [-0.2, -0.15) is 0 Å². The average molecular weight is 410 g/mol. The molecule has 0 spiro atoms. The summed E-state index contributed by atoms with van der Waals surface area (Å²) >= 11 is 5.97. The summed E-state index contributed by atoms with van der Waals surface area (Å²) in [7, 11) is 0. The normalized spacial score (nSPS) is 15.0. The molecule has 1 N–H and O–H groups in total. The summed E-state index contributed by atoms with van der Waals surface area (Å²) in [5, 5.41) is 9.10. The van der Waals surface area contributed by atoms with Gasteiger partial charge < -0.3 is 9.47 Å². The molecule has 1 fully saturated rings. The molecule has 0 aromatic heterocycles. The zero-order chi connectivity index (χ0) is 20.3. The Morgan fingerprint density at radius 3 is 2.50 bits per heavy atom. The molecule has 3 rings (SSSR count). The number of halogens is 4. The molecule has 0 aliphatic heterocycles. The van der Waals surface area contributed by atoms with Crippen molar-refractivity contribution < 1.29 is 22.6 Å². The summed E-state index contributed by atoms with van der Waals surface area (Å²) in [6, 6.07) is 12.5. The molecule has 0 radical (unpaired) electrons. The molecule has 0 saturated heterocycles. The molecule has 0 bridgehead atoms. The minimum absolute atomic E-state index is 0.0359. The Morgan fingerprint density at radius 2 is 1.86 bits per heavy atom. The fourth-order valence-corrected chi connectivity index (χ4v) is 3.09. The van der Waals surface area contributed by atoms with E-state index in [0.29, 0.717) is 22.3 Å². The van der Waals surface area contributed by atoms with Crippen LogP contribution in [0.5, 0.6) is 11.5 Å². The second-order valence-electron chi connectivity index (χ2n) is 6.60. The largest absolute Gasteiger partial charge is 0.573 e. The molecule has 3 nitrogen and oxygen atoms in total. The van der Waals surface area contributed by atoms with E-state index in [4.69, 9.17) is 21.7 Å². The highest BCUT2D eigenvalue weighted by molar-refractivity contribution is 6.30. The molecule has 0 atom stereocenters. The van der Waals surface area contributed by atoms with E-state index in [0.717, 1.165) is 18.4 Å². The number of hydrogen-bond donors (Lipinski definition) is 1. The topological polar surface area (TPSA) is 42.3 Å². The monoisotopic (exact) mass is 409 g/mol. The van der Waals surface area contributed by atoms with E-state index in [2.05, 4.69) is 4.74 Å². The van der Waals surface area contributed by atoms with Crippen LogP contribution in [0.15, 0.2) is 59.7 Å². The second kappa shape index (κ2) is 8.27. The highest BCUT2D eigenvalue weighted by Gasteiger charge is 2.33. The molecule has 0 amide bonds. The summed E-state index contributed by atoms with van der Waals surface area (Å²) in [6.45, 7) is 1.96. The van der Waals surface area contributed by atoms with E-state index < -0.39 is 12.1 Å². The highest BCUT2D eigenvalue weighted by atomic mass is 35.5. The third kappa shape index (κ3) is 5.29. The smallest absolute Gasteiger partial charge is 0.489 e. The zero-order valence-electron chi connectivity index (χ0n) is 15.1. The standard InChI is InChI=1S/C21H19ClF3NO2/c1-13(14-9-10-14)18(12-27-16-6-4-5-15(22)11-16)20(26)17-7-2-3-8-19(17)28-21(23,24)25/h2-8,11,14,26H,9-10,12H2,1H3/b18-13+,26-20?. The molecule has 2 aromatic carbocycles. The van der Waals surface area contributed by atoms with Crippen LogP contribution in [0.3, 0.4) is 0 Å². The highest BCUT2D eigenvalue weighted by Crippen LogP contribution is 2.39. The fourth-order valence-electron chi connectivity index (χ4n) is 2.91. The van der Waals surface area contributed by atoms with Crippen molar-refractivity contribution in [2.75, 3.05) is 6.61 Å². The van der Waals surface area contributed by atoms with E-state index in [-0.39, 0.29) is 17.9 Å². The second-order valence-corrected chi connectivity index (χ2v) is 7.04. The van der Waals surface area contributed by atoms with Gasteiger partial charge >= 0.3 is 6.36 Å². The van der Waals surface area contributed by atoms with Gasteiger partial charge in [-0.1, -0.05) is 35.4 Å². The van der Waals surface area contributed by atoms with Crippen LogP contribution in [0.25, 0.3) is 0 Å². The van der Waals surface area contributed by atoms with Crippen molar-refractivity contribution in [1.29, 1.82) is 5.41 Å². The number of rotatable bonds is 7. The van der Waals surface area contributed by atoms with Crippen molar-refractivity contribution in [3.05, 3.63) is 70.3 Å². The van der Waals surface area contributed by atoms with Crippen LogP contribution in [0.4, 0.5) is 13.2 Å². The number of allylic oxidation sites excluding steroid dienone is 1. The van der Waals surface area contributed by atoms with Crippen LogP contribution in [0, 0.1) is 11.3 Å². The first-order valence-electron chi connectivity index (χ1n) is 8.76. The van der Waals surface area contributed by atoms with Crippen LogP contribution >= 0.6 is 11.6 Å². The molecule has 2 aromatic rings. The number of ether oxygens (including phenoxy) is 2. The summed E-state index contributed by atoms with van der Waals surface area (Å²) in [6.07, 6.45) is -2.83. The average Bonchev–Trinajstić information content (AvgIpc) is 3.46. The molecular formula is C21H19ClF3NO2. The maximum absolute atomic E-state index is 12.7. The van der Waals surface area contributed by atoms with Crippen LogP contribution in [-0.4, -0.2) is 18.7 Å². The van der Waals surface area contributed by atoms with Crippen molar-refractivity contribution in [3.8, 4) is 11.5 Å². The molecule has 1 aliphatic rings. The van der Waals surface area contributed by atoms with Crippen LogP contribution in [0.2, 0.25) is 5.02 Å². The molecule has 0 unspecified atom stereocenters. The number of alkyl halides is 3. The van der Waals surface area contributed by atoms with Crippen molar-refractivity contribution in [1.82, 2.24) is 0 Å². The van der Waals surface area contributed by atoms with Crippen molar-refractivity contribution >= 4 is 17.3 Å². The van der Waals surface area contributed by atoms with E-state index in [1.54, 1.807) is 30.3 Å². The Balaban J connectivity index is 1.89. The Hall–Kier alpha value is -2.47. The Kier molecular flexibility index (Phi) is 5.98. The summed E-state index contributed by atoms with van der Waals surface area (Å²) in [4.78, 5) is 0. The molecule has 28 heavy (non-hydrogen) atoms. The molecular weight excluding hydrogens is 391 g/mol. The van der Waals surface area contributed by atoms with Crippen molar-refractivity contribution in [2.24, 2.45) is 5.92 Å². The maximum atomic E-state index is 12.7. The zero-order valence-corrected chi connectivity index (χ0v) is 15.9. The van der Waals surface area contributed by atoms with E-state index in [1.807, 2.05) is 6.92 Å². The lowest BCUT2D eigenvalue weighted by Crippen LogP contribution is -2.21. The van der Waals surface area contributed by atoms with Crippen molar-refractivity contribution in [3.63, 3.8) is 0 Å². The lowest BCUT2D eigenvalue weighted by atomic mass is 9.96. The minimum Gasteiger partial charge on any atom is -0.489 e. The summed E-state index contributed by atoms with van der Waals surface area (Å²) in [5.41, 5.74) is 1.55. The molecule has 1 saturated carbocycles. The quantitative estimate of drug-likeness (QED) is 0.537. The van der Waals surface area contributed by atoms with Gasteiger partial charge in [0.05, 0.1) is 5.71 Å². The third-order valence-electron chi connectivity index (χ3n) is 4.53. The fraction of sp³-hybridized carbons (Fsp3) is 0.286. The molecule has 1 aliphatic carbocycles. The molecule has 0 heterocycles. The van der Waals surface area contributed by atoms with Gasteiger partial charge in [-0.05, 0) is 56.0 Å². The number of para-hydroxylation sites is 1. The third-order valence-corrected chi connectivity index (χ3v) is 4.76. The van der Waals surface area contributed by atoms with Gasteiger partial charge in [0.25, 0.3) is 0 Å². The Morgan fingerprint density at radius 1 is 1.14 bits per heavy atom. The molecule has 7 heteroatoms. The van der Waals surface area contributed by atoms with Gasteiger partial charge in [-0.25, -0.2) is 0 Å². The predicted molar refractivity (Wildman–Crippen MR) is 102 cm³/mol. The van der Waals surface area contributed by atoms with Gasteiger partial charge in [0, 0.05) is 16.2 Å². The number of benzene rings is 2. The van der Waals surface area contributed by atoms with Gasteiger partial charge in [-0.3, -0.25) is 5.41 Å². The first kappa shape index (κ1) is 20.3. The predicted octanol–water partition coefficient (Wildman–Crippen LogP) is 6.41. The first-order valence-corrected chi connectivity index (χ1v) is 9.14. The van der Waals surface area contributed by atoms with Crippen molar-refractivity contribution in [2.45, 2.75) is 26.1 Å². The Bertz CT molecular complexity index is 905. The van der Waals surface area contributed by atoms with Crippen LogP contribution < -0.4 is 9.47 Å². The van der Waals surface area contributed by atoms with Gasteiger partial charge in [0.2, 0.25) is 0 Å².